The number of thiophene rings is 1. The Morgan fingerprint density at radius 3 is 2.75 bits per heavy atom. The Balaban J connectivity index is 1.95. The van der Waals surface area contributed by atoms with Crippen molar-refractivity contribution in [3.63, 3.8) is 0 Å². The normalized spacial score (nSPS) is 11.5. The van der Waals surface area contributed by atoms with Crippen LogP contribution in [0.2, 0.25) is 0 Å². The zero-order valence-corrected chi connectivity index (χ0v) is 15.7. The first kappa shape index (κ1) is 17.2. The van der Waals surface area contributed by atoms with Crippen LogP contribution < -0.4 is 5.56 Å². The van der Waals surface area contributed by atoms with E-state index >= 15 is 0 Å². The quantitative estimate of drug-likeness (QED) is 0.470. The summed E-state index contributed by atoms with van der Waals surface area (Å²) in [5.41, 5.74) is 0.0417. The Kier molecular flexibility index (Phi) is 5.35. The number of hydrogen-bond donors (Lipinski definition) is 0. The van der Waals surface area contributed by atoms with E-state index in [2.05, 4.69) is 24.0 Å². The van der Waals surface area contributed by atoms with Crippen molar-refractivity contribution < 1.29 is 4.52 Å². The molecule has 3 aromatic rings. The molecule has 0 aliphatic heterocycles. The number of rotatable bonds is 7. The molecule has 0 amide bonds. The minimum Gasteiger partial charge on any atom is -0.338 e. The number of nitrogens with zero attached hydrogens (tertiary/aromatic N) is 4. The Labute approximate surface area is 148 Å². The molecule has 8 heteroatoms. The van der Waals surface area contributed by atoms with Crippen LogP contribution in [-0.4, -0.2) is 19.7 Å². The number of aromatic nitrogens is 4. The third kappa shape index (κ3) is 3.39. The highest BCUT2D eigenvalue weighted by Crippen LogP contribution is 2.26. The van der Waals surface area contributed by atoms with Crippen LogP contribution in [0.25, 0.3) is 10.2 Å². The molecular weight excluding hydrogens is 344 g/mol. The van der Waals surface area contributed by atoms with Crippen LogP contribution in [0.1, 0.15) is 43.8 Å². The van der Waals surface area contributed by atoms with Gasteiger partial charge in [-0.3, -0.25) is 9.36 Å². The van der Waals surface area contributed by atoms with Crippen LogP contribution in [0.5, 0.6) is 0 Å². The van der Waals surface area contributed by atoms with Gasteiger partial charge in [-0.05, 0) is 18.9 Å². The lowest BCUT2D eigenvalue weighted by Gasteiger charge is -2.09. The minimum atomic E-state index is 0.0417. The van der Waals surface area contributed by atoms with E-state index in [0.29, 0.717) is 24.0 Å². The second-order valence-corrected chi connectivity index (χ2v) is 7.44. The molecule has 24 heavy (non-hydrogen) atoms. The lowest BCUT2D eigenvalue weighted by Crippen LogP contribution is -2.22. The molecule has 128 valence electrons. The van der Waals surface area contributed by atoms with Crippen LogP contribution in [0, 0.1) is 0 Å². The van der Waals surface area contributed by atoms with E-state index < -0.39 is 0 Å². The first-order valence-electron chi connectivity index (χ1n) is 8.13. The lowest BCUT2D eigenvalue weighted by atomic mass is 10.3. The van der Waals surface area contributed by atoms with Crippen LogP contribution >= 0.6 is 23.1 Å². The highest BCUT2D eigenvalue weighted by Gasteiger charge is 2.15. The van der Waals surface area contributed by atoms with Crippen LogP contribution in [0.3, 0.4) is 0 Å². The van der Waals surface area contributed by atoms with Crippen LogP contribution in [0.4, 0.5) is 0 Å². The molecule has 0 aliphatic rings. The van der Waals surface area contributed by atoms with Gasteiger partial charge in [0.25, 0.3) is 5.56 Å². The predicted molar refractivity (Wildman–Crippen MR) is 96.8 cm³/mol. The number of thioether (sulfide) groups is 1. The van der Waals surface area contributed by atoms with Crippen molar-refractivity contribution in [2.75, 3.05) is 0 Å². The number of hydrogen-bond acceptors (Lipinski definition) is 7. The van der Waals surface area contributed by atoms with Gasteiger partial charge in [0.1, 0.15) is 4.83 Å². The molecule has 3 heterocycles. The standard InChI is InChI=1S/C16H20N4O2S2/c1-4-7-20-15(21)11-8-10(5-2)24-14(11)18-16(20)23-9-13-17-12(6-3)19-22-13/h8H,4-7,9H2,1-3H3. The van der Waals surface area contributed by atoms with Crippen molar-refractivity contribution in [3.8, 4) is 0 Å². The fraction of sp³-hybridized carbons (Fsp3) is 0.500. The Bertz CT molecular complexity index is 897. The average Bonchev–Trinajstić information content (AvgIpc) is 3.22. The summed E-state index contributed by atoms with van der Waals surface area (Å²) in [6.45, 7) is 6.79. The monoisotopic (exact) mass is 364 g/mol. The van der Waals surface area contributed by atoms with Gasteiger partial charge in [0, 0.05) is 17.8 Å². The molecule has 0 fully saturated rings. The van der Waals surface area contributed by atoms with Gasteiger partial charge in [-0.15, -0.1) is 11.3 Å². The van der Waals surface area contributed by atoms with Gasteiger partial charge < -0.3 is 4.52 Å². The third-order valence-corrected chi connectivity index (χ3v) is 5.75. The fourth-order valence-corrected chi connectivity index (χ4v) is 4.24. The molecule has 0 saturated heterocycles. The summed E-state index contributed by atoms with van der Waals surface area (Å²) in [7, 11) is 0. The Morgan fingerprint density at radius 1 is 1.25 bits per heavy atom. The van der Waals surface area contributed by atoms with E-state index in [0.717, 1.165) is 34.6 Å². The van der Waals surface area contributed by atoms with Gasteiger partial charge in [-0.2, -0.15) is 4.98 Å². The van der Waals surface area contributed by atoms with Crippen LogP contribution in [0.15, 0.2) is 20.5 Å². The summed E-state index contributed by atoms with van der Waals surface area (Å²) in [5.74, 6) is 1.78. The third-order valence-electron chi connectivity index (χ3n) is 3.61. The molecule has 3 rings (SSSR count). The van der Waals surface area contributed by atoms with Gasteiger partial charge >= 0.3 is 0 Å². The first-order valence-corrected chi connectivity index (χ1v) is 9.93. The van der Waals surface area contributed by atoms with Crippen molar-refractivity contribution in [2.24, 2.45) is 0 Å². The molecule has 0 radical (unpaired) electrons. The van der Waals surface area contributed by atoms with Gasteiger partial charge in [0.2, 0.25) is 5.89 Å². The maximum atomic E-state index is 12.8. The zero-order valence-electron chi connectivity index (χ0n) is 14.0. The lowest BCUT2D eigenvalue weighted by molar-refractivity contribution is 0.385. The number of aryl methyl sites for hydroxylation is 2. The molecule has 0 spiro atoms. The zero-order chi connectivity index (χ0) is 17.1. The maximum absolute atomic E-state index is 12.8. The average molecular weight is 364 g/mol. The second kappa shape index (κ2) is 7.48. The van der Waals surface area contributed by atoms with E-state index in [-0.39, 0.29) is 5.56 Å². The van der Waals surface area contributed by atoms with Crippen molar-refractivity contribution in [1.29, 1.82) is 0 Å². The molecule has 0 unspecified atom stereocenters. The maximum Gasteiger partial charge on any atom is 0.262 e. The molecule has 0 N–H and O–H groups in total. The van der Waals surface area contributed by atoms with Crippen molar-refractivity contribution >= 4 is 33.3 Å². The molecule has 0 saturated carbocycles. The molecular formula is C16H20N4O2S2. The molecule has 0 atom stereocenters. The number of fused-ring (bicyclic) bond motifs is 1. The fourth-order valence-electron chi connectivity index (χ4n) is 2.37. The molecule has 0 bridgehead atoms. The summed E-state index contributed by atoms with van der Waals surface area (Å²) >= 11 is 3.06. The smallest absolute Gasteiger partial charge is 0.262 e. The summed E-state index contributed by atoms with van der Waals surface area (Å²) in [6, 6.07) is 1.97. The van der Waals surface area contributed by atoms with Crippen molar-refractivity contribution in [3.05, 3.63) is 33.0 Å². The van der Waals surface area contributed by atoms with E-state index in [1.54, 1.807) is 15.9 Å². The molecule has 0 aromatic carbocycles. The summed E-state index contributed by atoms with van der Waals surface area (Å²) < 4.78 is 6.98. The Hall–Kier alpha value is -1.67. The molecule has 3 aromatic heterocycles. The summed E-state index contributed by atoms with van der Waals surface area (Å²) in [4.78, 5) is 23.8. The van der Waals surface area contributed by atoms with Gasteiger partial charge in [-0.25, -0.2) is 4.98 Å². The topological polar surface area (TPSA) is 73.8 Å². The molecule has 0 aliphatic carbocycles. The minimum absolute atomic E-state index is 0.0417. The van der Waals surface area contributed by atoms with Gasteiger partial charge in [-0.1, -0.05) is 37.7 Å². The highest BCUT2D eigenvalue weighted by molar-refractivity contribution is 7.98. The van der Waals surface area contributed by atoms with Crippen molar-refractivity contribution in [1.82, 2.24) is 19.7 Å². The van der Waals surface area contributed by atoms with Crippen LogP contribution in [-0.2, 0) is 25.1 Å². The first-order chi connectivity index (χ1) is 11.7. The van der Waals surface area contributed by atoms with E-state index in [1.165, 1.54) is 16.6 Å². The second-order valence-electron chi connectivity index (χ2n) is 5.38. The Morgan fingerprint density at radius 2 is 2.08 bits per heavy atom. The van der Waals surface area contributed by atoms with E-state index in [4.69, 9.17) is 9.51 Å². The summed E-state index contributed by atoms with van der Waals surface area (Å²) in [6.07, 6.45) is 2.54. The van der Waals surface area contributed by atoms with Gasteiger partial charge in [0.05, 0.1) is 11.1 Å². The van der Waals surface area contributed by atoms with Crippen molar-refractivity contribution in [2.45, 2.75) is 57.5 Å². The SMILES string of the molecule is CCCn1c(SCc2nc(CC)no2)nc2sc(CC)cc2c1=O. The largest absolute Gasteiger partial charge is 0.338 e. The summed E-state index contributed by atoms with van der Waals surface area (Å²) in [5, 5.41) is 5.34. The van der Waals surface area contributed by atoms with E-state index in [1.807, 2.05) is 13.0 Å². The van der Waals surface area contributed by atoms with E-state index in [9.17, 15) is 4.79 Å². The highest BCUT2D eigenvalue weighted by atomic mass is 32.2. The van der Waals surface area contributed by atoms with Gasteiger partial charge in [0.15, 0.2) is 11.0 Å². The predicted octanol–water partition coefficient (Wildman–Crippen LogP) is 3.67. The molecule has 6 nitrogen and oxygen atoms in total.